The number of fused-ring (bicyclic) bond motifs is 1. The van der Waals surface area contributed by atoms with Crippen LogP contribution in [0.1, 0.15) is 38.5 Å². The number of nitrogens with zero attached hydrogens (tertiary/aromatic N) is 1. The van der Waals surface area contributed by atoms with Crippen molar-refractivity contribution in [3.8, 4) is 0 Å². The van der Waals surface area contributed by atoms with Gasteiger partial charge < -0.3 is 10.1 Å². The van der Waals surface area contributed by atoms with Gasteiger partial charge in [-0.2, -0.15) is 0 Å². The number of morpholine rings is 1. The fourth-order valence-corrected chi connectivity index (χ4v) is 3.74. The first-order valence-corrected chi connectivity index (χ1v) is 7.03. The summed E-state index contributed by atoms with van der Waals surface area (Å²) in [7, 11) is 0. The highest BCUT2D eigenvalue weighted by Crippen LogP contribution is 2.32. The highest BCUT2D eigenvalue weighted by atomic mass is 16.5. The first-order chi connectivity index (χ1) is 7.95. The van der Waals surface area contributed by atoms with Crippen LogP contribution < -0.4 is 5.32 Å². The molecule has 1 saturated carbocycles. The van der Waals surface area contributed by atoms with E-state index in [9.17, 15) is 0 Å². The Kier molecular flexibility index (Phi) is 3.46. The molecule has 0 spiro atoms. The molecule has 0 aromatic carbocycles. The Hall–Kier alpha value is -0.120. The Morgan fingerprint density at radius 3 is 3.00 bits per heavy atom. The van der Waals surface area contributed by atoms with Crippen LogP contribution in [0.2, 0.25) is 0 Å². The van der Waals surface area contributed by atoms with Gasteiger partial charge in [0.15, 0.2) is 0 Å². The maximum Gasteiger partial charge on any atom is 0.0731 e. The second kappa shape index (κ2) is 5.03. The van der Waals surface area contributed by atoms with Crippen LogP contribution in [0, 0.1) is 0 Å². The Balaban J connectivity index is 1.66. The second-order valence-electron chi connectivity index (χ2n) is 5.48. The average Bonchev–Trinajstić information content (AvgIpc) is 2.63. The molecular formula is C13H24N2O. The predicted molar refractivity (Wildman–Crippen MR) is 64.6 cm³/mol. The van der Waals surface area contributed by atoms with Gasteiger partial charge in [-0.3, -0.25) is 4.90 Å². The number of ether oxygens (including phenoxy) is 1. The lowest BCUT2D eigenvalue weighted by Gasteiger charge is -2.42. The molecular weight excluding hydrogens is 200 g/mol. The summed E-state index contributed by atoms with van der Waals surface area (Å²) in [6, 6.07) is 1.57. The third-order valence-corrected chi connectivity index (χ3v) is 4.54. The molecule has 0 amide bonds. The van der Waals surface area contributed by atoms with Gasteiger partial charge in [0.25, 0.3) is 0 Å². The second-order valence-corrected chi connectivity index (χ2v) is 5.48. The number of hydrogen-bond donors (Lipinski definition) is 1. The molecule has 2 aliphatic heterocycles. The zero-order chi connectivity index (χ0) is 10.8. The van der Waals surface area contributed by atoms with Gasteiger partial charge in [-0.1, -0.05) is 0 Å². The molecule has 2 heterocycles. The maximum absolute atomic E-state index is 5.90. The SMILES string of the molecule is C1CNCCC(N2CCOC3CCCC32)C1. The van der Waals surface area contributed by atoms with Crippen molar-refractivity contribution in [3.05, 3.63) is 0 Å². The minimum absolute atomic E-state index is 0.560. The lowest BCUT2D eigenvalue weighted by Crippen LogP contribution is -2.53. The number of hydrogen-bond acceptors (Lipinski definition) is 3. The molecule has 92 valence electrons. The zero-order valence-corrected chi connectivity index (χ0v) is 10.2. The standard InChI is InChI=1S/C13H24N2O/c1-4-12-13(5-1)16-10-9-15(12)11-3-2-7-14-8-6-11/h11-14H,1-10H2. The van der Waals surface area contributed by atoms with Crippen LogP contribution in [0.4, 0.5) is 0 Å². The van der Waals surface area contributed by atoms with Crippen LogP contribution in [0.5, 0.6) is 0 Å². The third kappa shape index (κ3) is 2.13. The van der Waals surface area contributed by atoms with Gasteiger partial charge in [0.1, 0.15) is 0 Å². The van der Waals surface area contributed by atoms with E-state index in [1.54, 1.807) is 0 Å². The zero-order valence-electron chi connectivity index (χ0n) is 10.2. The summed E-state index contributed by atoms with van der Waals surface area (Å²) in [6.45, 7) is 4.56. The smallest absolute Gasteiger partial charge is 0.0731 e. The lowest BCUT2D eigenvalue weighted by molar-refractivity contribution is -0.0732. The van der Waals surface area contributed by atoms with E-state index in [-0.39, 0.29) is 0 Å². The first kappa shape index (κ1) is 11.0. The normalized spacial score (nSPS) is 41.6. The van der Waals surface area contributed by atoms with Gasteiger partial charge in [-0.25, -0.2) is 0 Å². The van der Waals surface area contributed by atoms with E-state index in [4.69, 9.17) is 4.74 Å². The van der Waals surface area contributed by atoms with Crippen molar-refractivity contribution in [1.82, 2.24) is 10.2 Å². The predicted octanol–water partition coefficient (Wildman–Crippen LogP) is 1.38. The Labute approximate surface area is 98.5 Å². The molecule has 1 aliphatic carbocycles. The number of nitrogens with one attached hydrogen (secondary N) is 1. The van der Waals surface area contributed by atoms with Crippen molar-refractivity contribution >= 4 is 0 Å². The molecule has 3 nitrogen and oxygen atoms in total. The summed E-state index contributed by atoms with van der Waals surface area (Å²) < 4.78 is 5.90. The topological polar surface area (TPSA) is 24.5 Å². The van der Waals surface area contributed by atoms with Crippen molar-refractivity contribution in [1.29, 1.82) is 0 Å². The van der Waals surface area contributed by atoms with Crippen molar-refractivity contribution < 1.29 is 4.74 Å². The van der Waals surface area contributed by atoms with Gasteiger partial charge >= 0.3 is 0 Å². The van der Waals surface area contributed by atoms with Gasteiger partial charge in [0.05, 0.1) is 12.7 Å². The maximum atomic E-state index is 5.90. The highest BCUT2D eigenvalue weighted by molar-refractivity contribution is 4.92. The first-order valence-electron chi connectivity index (χ1n) is 7.03. The summed E-state index contributed by atoms with van der Waals surface area (Å²) in [5, 5.41) is 3.52. The quantitative estimate of drug-likeness (QED) is 0.728. The molecule has 3 heteroatoms. The molecule has 0 aromatic rings. The van der Waals surface area contributed by atoms with Crippen LogP contribution in [-0.2, 0) is 4.74 Å². The van der Waals surface area contributed by atoms with Crippen LogP contribution >= 0.6 is 0 Å². The van der Waals surface area contributed by atoms with Crippen molar-refractivity contribution in [2.45, 2.75) is 56.7 Å². The van der Waals surface area contributed by atoms with E-state index < -0.39 is 0 Å². The molecule has 0 aromatic heterocycles. The van der Waals surface area contributed by atoms with E-state index in [1.165, 1.54) is 58.2 Å². The fraction of sp³-hybridized carbons (Fsp3) is 1.00. The van der Waals surface area contributed by atoms with Gasteiger partial charge in [0, 0.05) is 18.6 Å². The minimum atomic E-state index is 0.560. The largest absolute Gasteiger partial charge is 0.375 e. The van der Waals surface area contributed by atoms with Crippen LogP contribution in [0.15, 0.2) is 0 Å². The van der Waals surface area contributed by atoms with E-state index in [2.05, 4.69) is 10.2 Å². The minimum Gasteiger partial charge on any atom is -0.375 e. The summed E-state index contributed by atoms with van der Waals surface area (Å²) in [6.07, 6.45) is 8.67. The summed E-state index contributed by atoms with van der Waals surface area (Å²) >= 11 is 0. The van der Waals surface area contributed by atoms with E-state index in [1.807, 2.05) is 0 Å². The van der Waals surface area contributed by atoms with Crippen LogP contribution in [-0.4, -0.2) is 49.3 Å². The molecule has 16 heavy (non-hydrogen) atoms. The van der Waals surface area contributed by atoms with E-state index >= 15 is 0 Å². The highest BCUT2D eigenvalue weighted by Gasteiger charge is 2.38. The lowest BCUT2D eigenvalue weighted by atomic mass is 10.0. The molecule has 1 N–H and O–H groups in total. The molecule has 0 bridgehead atoms. The third-order valence-electron chi connectivity index (χ3n) is 4.54. The molecule has 2 saturated heterocycles. The number of rotatable bonds is 1. The summed E-state index contributed by atoms with van der Waals surface area (Å²) in [5.74, 6) is 0. The van der Waals surface area contributed by atoms with Gasteiger partial charge in [0.2, 0.25) is 0 Å². The monoisotopic (exact) mass is 224 g/mol. The molecule has 3 fully saturated rings. The summed E-state index contributed by atoms with van der Waals surface area (Å²) in [5.41, 5.74) is 0. The van der Waals surface area contributed by atoms with E-state index in [0.29, 0.717) is 6.10 Å². The average molecular weight is 224 g/mol. The molecule has 3 atom stereocenters. The Bertz CT molecular complexity index is 226. The van der Waals surface area contributed by atoms with Gasteiger partial charge in [-0.15, -0.1) is 0 Å². The Morgan fingerprint density at radius 2 is 2.00 bits per heavy atom. The molecule has 3 rings (SSSR count). The van der Waals surface area contributed by atoms with E-state index in [0.717, 1.165) is 18.7 Å². The Morgan fingerprint density at radius 1 is 1.00 bits per heavy atom. The van der Waals surface area contributed by atoms with Crippen LogP contribution in [0.3, 0.4) is 0 Å². The molecule has 3 unspecified atom stereocenters. The fourth-order valence-electron chi connectivity index (χ4n) is 3.74. The van der Waals surface area contributed by atoms with Crippen LogP contribution in [0.25, 0.3) is 0 Å². The molecule has 3 aliphatic rings. The molecule has 0 radical (unpaired) electrons. The van der Waals surface area contributed by atoms with Crippen molar-refractivity contribution in [3.63, 3.8) is 0 Å². The van der Waals surface area contributed by atoms with Crippen molar-refractivity contribution in [2.24, 2.45) is 0 Å². The van der Waals surface area contributed by atoms with Crippen molar-refractivity contribution in [2.75, 3.05) is 26.2 Å². The van der Waals surface area contributed by atoms with Gasteiger partial charge in [-0.05, 0) is 51.6 Å². The summed E-state index contributed by atoms with van der Waals surface area (Å²) in [4.78, 5) is 2.79.